The largest absolute Gasteiger partial charge is 0.247 e. The van der Waals surface area contributed by atoms with Crippen molar-refractivity contribution < 1.29 is 13.2 Å². The van der Waals surface area contributed by atoms with Crippen LogP contribution >= 0.6 is 11.7 Å². The Morgan fingerprint density at radius 2 is 1.24 bits per heavy atom. The fourth-order valence-corrected chi connectivity index (χ4v) is 5.82. The number of nitriles is 2. The summed E-state index contributed by atoms with van der Waals surface area (Å²) in [5.41, 5.74) is 3.08. The number of hydrogen-bond acceptors (Lipinski definition) is 6. The molecular formula is C33H14F3N5S. The second-order valence-corrected chi connectivity index (χ2v) is 10.1. The molecule has 5 aromatic carbocycles. The van der Waals surface area contributed by atoms with Crippen LogP contribution in [0.1, 0.15) is 11.1 Å². The molecule has 0 saturated heterocycles. The van der Waals surface area contributed by atoms with E-state index in [9.17, 15) is 23.7 Å². The van der Waals surface area contributed by atoms with Crippen LogP contribution in [-0.2, 0) is 0 Å². The average Bonchev–Trinajstić information content (AvgIpc) is 3.51. The molecule has 0 N–H and O–H groups in total. The lowest BCUT2D eigenvalue weighted by Gasteiger charge is -2.13. The molecule has 198 valence electrons. The number of rotatable bonds is 3. The highest BCUT2D eigenvalue weighted by Crippen LogP contribution is 2.38. The summed E-state index contributed by atoms with van der Waals surface area (Å²) >= 11 is 1.15. The zero-order valence-corrected chi connectivity index (χ0v) is 22.2. The van der Waals surface area contributed by atoms with Crippen LogP contribution in [0.15, 0.2) is 84.9 Å². The minimum atomic E-state index is -1.51. The SMILES string of the molecule is N#Cc1c(F)c(C#N)c(F)c(-c2ccc(-c3ccc4c(c3)nc(-c3ccccc3)c3ccc5nsnc5c34)cc2)c1F. The summed E-state index contributed by atoms with van der Waals surface area (Å²) in [6.07, 6.45) is 0. The van der Waals surface area contributed by atoms with E-state index in [-0.39, 0.29) is 5.56 Å². The van der Waals surface area contributed by atoms with Crippen molar-refractivity contribution in [3.8, 4) is 45.6 Å². The van der Waals surface area contributed by atoms with Gasteiger partial charge >= 0.3 is 0 Å². The number of fused-ring (bicyclic) bond motifs is 5. The molecule has 0 saturated carbocycles. The second-order valence-electron chi connectivity index (χ2n) is 9.55. The van der Waals surface area contributed by atoms with Gasteiger partial charge in [-0.1, -0.05) is 66.7 Å². The maximum atomic E-state index is 15.0. The van der Waals surface area contributed by atoms with E-state index >= 15 is 0 Å². The Morgan fingerprint density at radius 3 is 1.93 bits per heavy atom. The van der Waals surface area contributed by atoms with E-state index in [0.717, 1.165) is 66.8 Å². The second kappa shape index (κ2) is 9.77. The third-order valence-electron chi connectivity index (χ3n) is 7.28. The molecule has 7 aromatic rings. The molecular weight excluding hydrogens is 555 g/mol. The van der Waals surface area contributed by atoms with E-state index in [1.165, 1.54) is 24.3 Å². The first-order chi connectivity index (χ1) is 20.5. The lowest BCUT2D eigenvalue weighted by molar-refractivity contribution is 0.539. The molecule has 0 bridgehead atoms. The summed E-state index contributed by atoms with van der Waals surface area (Å²) in [4.78, 5) is 5.05. The quantitative estimate of drug-likeness (QED) is 0.199. The third kappa shape index (κ3) is 3.80. The monoisotopic (exact) mass is 569 g/mol. The van der Waals surface area contributed by atoms with Gasteiger partial charge in [0.25, 0.3) is 0 Å². The summed E-state index contributed by atoms with van der Waals surface area (Å²) in [6.45, 7) is 0. The average molecular weight is 570 g/mol. The third-order valence-corrected chi connectivity index (χ3v) is 7.82. The van der Waals surface area contributed by atoms with Crippen molar-refractivity contribution in [2.75, 3.05) is 0 Å². The molecule has 0 aliphatic carbocycles. The Bertz CT molecular complexity index is 2260. The van der Waals surface area contributed by atoms with E-state index in [1.54, 1.807) is 12.1 Å². The molecule has 2 aromatic heterocycles. The smallest absolute Gasteiger partial charge is 0.164 e. The standard InChI is InChI=1S/C33H14F3N5S/c34-29-23(15-37)30(35)27(31(36)24(29)16-38)18-8-6-17(7-9-18)20-10-11-21-26(14-20)39-32(19-4-2-1-3-5-19)22-12-13-25-33(28(21)22)41-42-40-25/h1-14H. The fraction of sp³-hybridized carbons (Fsp3) is 0. The van der Waals surface area contributed by atoms with E-state index in [4.69, 9.17) is 4.98 Å². The van der Waals surface area contributed by atoms with Crippen LogP contribution in [0.25, 0.3) is 66.2 Å². The highest BCUT2D eigenvalue weighted by molar-refractivity contribution is 7.00. The first kappa shape index (κ1) is 25.3. The Labute approximate surface area is 240 Å². The highest BCUT2D eigenvalue weighted by atomic mass is 32.1. The van der Waals surface area contributed by atoms with Crippen molar-refractivity contribution in [3.63, 3.8) is 0 Å². The first-order valence-corrected chi connectivity index (χ1v) is 13.4. The molecule has 0 spiro atoms. The van der Waals surface area contributed by atoms with Crippen molar-refractivity contribution in [2.45, 2.75) is 0 Å². The number of hydrogen-bond donors (Lipinski definition) is 0. The molecule has 2 heterocycles. The molecule has 0 amide bonds. The van der Waals surface area contributed by atoms with Gasteiger partial charge in [-0.3, -0.25) is 0 Å². The topological polar surface area (TPSA) is 86.2 Å². The van der Waals surface area contributed by atoms with Crippen LogP contribution in [0, 0.1) is 40.1 Å². The molecule has 5 nitrogen and oxygen atoms in total. The van der Waals surface area contributed by atoms with Crippen molar-refractivity contribution in [1.29, 1.82) is 10.5 Å². The van der Waals surface area contributed by atoms with Gasteiger partial charge in [-0.2, -0.15) is 19.3 Å². The summed E-state index contributed by atoms with van der Waals surface area (Å²) in [5.74, 6) is -4.21. The number of benzene rings is 5. The molecule has 0 radical (unpaired) electrons. The molecule has 0 aliphatic heterocycles. The van der Waals surface area contributed by atoms with Gasteiger partial charge in [-0.05, 0) is 34.9 Å². The lowest BCUT2D eigenvalue weighted by atomic mass is 9.94. The lowest BCUT2D eigenvalue weighted by Crippen LogP contribution is -2.03. The minimum Gasteiger partial charge on any atom is -0.247 e. The normalized spacial score (nSPS) is 11.2. The van der Waals surface area contributed by atoms with Crippen molar-refractivity contribution >= 4 is 44.4 Å². The molecule has 42 heavy (non-hydrogen) atoms. The van der Waals surface area contributed by atoms with Gasteiger partial charge in [0.15, 0.2) is 17.5 Å². The van der Waals surface area contributed by atoms with Crippen molar-refractivity contribution in [2.24, 2.45) is 0 Å². The van der Waals surface area contributed by atoms with Crippen LogP contribution in [0.3, 0.4) is 0 Å². The molecule has 0 aliphatic rings. The Hall–Kier alpha value is -5.64. The minimum absolute atomic E-state index is 0.0662. The maximum Gasteiger partial charge on any atom is 0.164 e. The zero-order valence-electron chi connectivity index (χ0n) is 21.4. The van der Waals surface area contributed by atoms with Crippen LogP contribution in [0.2, 0.25) is 0 Å². The number of halogens is 3. The van der Waals surface area contributed by atoms with Gasteiger partial charge in [-0.25, -0.2) is 18.2 Å². The van der Waals surface area contributed by atoms with E-state index < -0.39 is 34.1 Å². The number of aromatic nitrogens is 3. The zero-order chi connectivity index (χ0) is 29.0. The van der Waals surface area contributed by atoms with Gasteiger partial charge in [0.1, 0.15) is 34.3 Å². The van der Waals surface area contributed by atoms with Crippen LogP contribution in [0.4, 0.5) is 13.2 Å². The summed E-state index contributed by atoms with van der Waals surface area (Å²) < 4.78 is 53.2. The Kier molecular flexibility index (Phi) is 5.89. The molecule has 0 fully saturated rings. The van der Waals surface area contributed by atoms with Crippen molar-refractivity contribution in [3.05, 3.63) is 114 Å². The van der Waals surface area contributed by atoms with Crippen LogP contribution in [-0.4, -0.2) is 13.7 Å². The Morgan fingerprint density at radius 1 is 0.595 bits per heavy atom. The Balaban J connectivity index is 1.40. The molecule has 9 heteroatoms. The molecule has 7 rings (SSSR count). The fourth-order valence-electron chi connectivity index (χ4n) is 5.28. The number of nitrogens with zero attached hydrogens (tertiary/aromatic N) is 5. The first-order valence-electron chi connectivity index (χ1n) is 12.7. The van der Waals surface area contributed by atoms with Gasteiger partial charge in [0.2, 0.25) is 0 Å². The number of pyridine rings is 1. The molecule has 0 atom stereocenters. The predicted octanol–water partition coefficient (Wildman–Crippen LogP) is 8.55. The maximum absolute atomic E-state index is 15.0. The van der Waals surface area contributed by atoms with Crippen LogP contribution in [0.5, 0.6) is 0 Å². The summed E-state index contributed by atoms with van der Waals surface area (Å²) in [7, 11) is 0. The van der Waals surface area contributed by atoms with Crippen molar-refractivity contribution in [1.82, 2.24) is 13.7 Å². The van der Waals surface area contributed by atoms with Gasteiger partial charge in [-0.15, -0.1) is 0 Å². The summed E-state index contributed by atoms with van der Waals surface area (Å²) in [6, 6.07) is 28.7. The van der Waals surface area contributed by atoms with E-state index in [2.05, 4.69) is 8.75 Å². The van der Waals surface area contributed by atoms with Gasteiger partial charge in [0, 0.05) is 21.7 Å². The van der Waals surface area contributed by atoms with Crippen LogP contribution < -0.4 is 0 Å². The highest BCUT2D eigenvalue weighted by Gasteiger charge is 2.26. The predicted molar refractivity (Wildman–Crippen MR) is 156 cm³/mol. The summed E-state index contributed by atoms with van der Waals surface area (Å²) in [5, 5.41) is 21.2. The van der Waals surface area contributed by atoms with E-state index in [1.807, 2.05) is 60.7 Å². The van der Waals surface area contributed by atoms with Gasteiger partial charge < -0.3 is 0 Å². The van der Waals surface area contributed by atoms with Gasteiger partial charge in [0.05, 0.1) is 28.5 Å². The van der Waals surface area contributed by atoms with E-state index in [0.29, 0.717) is 0 Å². The molecule has 0 unspecified atom stereocenters.